The molecular formula is C23H29N4O3+. The van der Waals surface area contributed by atoms with Crippen LogP contribution in [0.15, 0.2) is 54.6 Å². The van der Waals surface area contributed by atoms with Gasteiger partial charge < -0.3 is 21.3 Å². The van der Waals surface area contributed by atoms with E-state index in [4.69, 9.17) is 5.73 Å². The first-order valence-corrected chi connectivity index (χ1v) is 10.3. The van der Waals surface area contributed by atoms with Crippen LogP contribution in [0.2, 0.25) is 0 Å². The van der Waals surface area contributed by atoms with Gasteiger partial charge in [0.15, 0.2) is 6.54 Å². The second kappa shape index (κ2) is 10.0. The van der Waals surface area contributed by atoms with E-state index < -0.39 is 0 Å². The Balaban J connectivity index is 1.62. The molecule has 1 aliphatic rings. The highest BCUT2D eigenvalue weighted by molar-refractivity contribution is 6.04. The van der Waals surface area contributed by atoms with Crippen molar-refractivity contribution in [3.05, 3.63) is 65.7 Å². The van der Waals surface area contributed by atoms with E-state index in [1.807, 2.05) is 37.3 Å². The Labute approximate surface area is 176 Å². The van der Waals surface area contributed by atoms with Gasteiger partial charge in [-0.1, -0.05) is 42.5 Å². The molecule has 5 N–H and O–H groups in total. The maximum Gasteiger partial charge on any atom is 0.279 e. The van der Waals surface area contributed by atoms with E-state index in [0.717, 1.165) is 29.8 Å². The number of amides is 3. The lowest BCUT2D eigenvalue weighted by Crippen LogP contribution is -3.14. The average Bonchev–Trinajstić information content (AvgIpc) is 2.74. The number of piperidine rings is 1. The van der Waals surface area contributed by atoms with Gasteiger partial charge in [0, 0.05) is 0 Å². The van der Waals surface area contributed by atoms with Crippen LogP contribution in [0.4, 0.5) is 5.69 Å². The van der Waals surface area contributed by atoms with Crippen molar-refractivity contribution in [1.29, 1.82) is 0 Å². The standard InChI is InChI=1S/C23H28N4O3/c1-16(17-8-3-2-4-9-17)25-23(30)19-11-5-6-12-20(19)26-21(28)15-27-13-7-10-18(14-27)22(24)29/h2-6,8-9,11-12,16,18H,7,10,13-15H2,1H3,(H2,24,29)(H,25,30)(H,26,28)/p+1/t16-,18+/m1/s1. The molecule has 7 heteroatoms. The molecule has 1 saturated heterocycles. The number of nitrogens with two attached hydrogens (primary N) is 1. The molecule has 30 heavy (non-hydrogen) atoms. The second-order valence-electron chi connectivity index (χ2n) is 7.82. The van der Waals surface area contributed by atoms with Gasteiger partial charge in [0.2, 0.25) is 5.91 Å². The highest BCUT2D eigenvalue weighted by Gasteiger charge is 2.28. The SMILES string of the molecule is C[C@@H](NC(=O)c1ccccc1NC(=O)C[NH+]1CCC[C@H](C(N)=O)C1)c1ccccc1. The van der Waals surface area contributed by atoms with Crippen LogP contribution in [0.3, 0.4) is 0 Å². The van der Waals surface area contributed by atoms with Gasteiger partial charge in [0.25, 0.3) is 11.8 Å². The van der Waals surface area contributed by atoms with Crippen LogP contribution in [-0.2, 0) is 9.59 Å². The summed E-state index contributed by atoms with van der Waals surface area (Å²) in [5, 5.41) is 5.84. The lowest BCUT2D eigenvalue weighted by Gasteiger charge is -2.27. The first kappa shape index (κ1) is 21.5. The summed E-state index contributed by atoms with van der Waals surface area (Å²) in [5.74, 6) is -0.922. The summed E-state index contributed by atoms with van der Waals surface area (Å²) >= 11 is 0. The maximum atomic E-state index is 12.8. The summed E-state index contributed by atoms with van der Waals surface area (Å²) in [6.45, 7) is 3.55. The summed E-state index contributed by atoms with van der Waals surface area (Å²) in [7, 11) is 0. The topological polar surface area (TPSA) is 106 Å². The summed E-state index contributed by atoms with van der Waals surface area (Å²) < 4.78 is 0. The van der Waals surface area contributed by atoms with Crippen molar-refractivity contribution in [3.8, 4) is 0 Å². The first-order valence-electron chi connectivity index (χ1n) is 10.3. The van der Waals surface area contributed by atoms with E-state index in [1.54, 1.807) is 24.3 Å². The minimum absolute atomic E-state index is 0.161. The Kier molecular flexibility index (Phi) is 7.19. The Bertz CT molecular complexity index is 900. The van der Waals surface area contributed by atoms with Crippen molar-refractivity contribution in [3.63, 3.8) is 0 Å². The number of quaternary nitrogens is 1. The van der Waals surface area contributed by atoms with Crippen molar-refractivity contribution in [1.82, 2.24) is 5.32 Å². The zero-order chi connectivity index (χ0) is 21.5. The third-order valence-corrected chi connectivity index (χ3v) is 5.52. The van der Waals surface area contributed by atoms with Crippen molar-refractivity contribution in [2.75, 3.05) is 25.0 Å². The molecule has 2 aromatic rings. The van der Waals surface area contributed by atoms with E-state index in [1.165, 1.54) is 0 Å². The largest absolute Gasteiger partial charge is 0.369 e. The highest BCUT2D eigenvalue weighted by Crippen LogP contribution is 2.18. The van der Waals surface area contributed by atoms with Gasteiger partial charge in [-0.3, -0.25) is 14.4 Å². The summed E-state index contributed by atoms with van der Waals surface area (Å²) in [5.41, 5.74) is 7.32. The molecule has 3 atom stereocenters. The van der Waals surface area contributed by atoms with Crippen LogP contribution in [-0.4, -0.2) is 37.4 Å². The molecule has 0 spiro atoms. The van der Waals surface area contributed by atoms with Crippen LogP contribution < -0.4 is 21.3 Å². The zero-order valence-electron chi connectivity index (χ0n) is 17.2. The lowest BCUT2D eigenvalue weighted by molar-refractivity contribution is -0.899. The molecule has 3 amide bonds. The minimum atomic E-state index is -0.304. The smallest absolute Gasteiger partial charge is 0.279 e. The Morgan fingerprint density at radius 1 is 1.10 bits per heavy atom. The maximum absolute atomic E-state index is 12.8. The molecule has 0 aromatic heterocycles. The number of rotatable bonds is 7. The van der Waals surface area contributed by atoms with Gasteiger partial charge >= 0.3 is 0 Å². The predicted octanol–water partition coefficient (Wildman–Crippen LogP) is 0.896. The molecule has 1 aliphatic heterocycles. The van der Waals surface area contributed by atoms with E-state index in [-0.39, 0.29) is 36.2 Å². The Morgan fingerprint density at radius 3 is 2.53 bits per heavy atom. The Morgan fingerprint density at radius 2 is 1.80 bits per heavy atom. The molecule has 2 aromatic carbocycles. The van der Waals surface area contributed by atoms with Crippen molar-refractivity contribution in [2.24, 2.45) is 11.7 Å². The molecule has 158 valence electrons. The normalized spacial score (nSPS) is 19.5. The number of para-hydroxylation sites is 1. The summed E-state index contributed by atoms with van der Waals surface area (Å²) in [6.07, 6.45) is 1.65. The third-order valence-electron chi connectivity index (χ3n) is 5.52. The van der Waals surface area contributed by atoms with Gasteiger partial charge in [-0.15, -0.1) is 0 Å². The van der Waals surface area contributed by atoms with Crippen molar-refractivity contribution >= 4 is 23.4 Å². The molecule has 0 radical (unpaired) electrons. The molecule has 0 saturated carbocycles. The van der Waals surface area contributed by atoms with Gasteiger partial charge in [-0.2, -0.15) is 0 Å². The third kappa shape index (κ3) is 5.67. The van der Waals surface area contributed by atoms with Crippen molar-refractivity contribution in [2.45, 2.75) is 25.8 Å². The quantitative estimate of drug-likeness (QED) is 0.546. The number of primary amides is 1. The number of nitrogens with one attached hydrogen (secondary N) is 3. The molecule has 0 bridgehead atoms. The van der Waals surface area contributed by atoms with E-state index >= 15 is 0 Å². The highest BCUT2D eigenvalue weighted by atomic mass is 16.2. The van der Waals surface area contributed by atoms with Crippen LogP contribution in [0.1, 0.15) is 41.7 Å². The number of likely N-dealkylation sites (tertiary alicyclic amines) is 1. The summed E-state index contributed by atoms with van der Waals surface area (Å²) in [4.78, 5) is 37.9. The van der Waals surface area contributed by atoms with Gasteiger partial charge in [-0.05, 0) is 37.5 Å². The summed E-state index contributed by atoms with van der Waals surface area (Å²) in [6, 6.07) is 16.5. The van der Waals surface area contributed by atoms with Gasteiger partial charge in [-0.25, -0.2) is 0 Å². The molecule has 1 unspecified atom stereocenters. The van der Waals surface area contributed by atoms with E-state index in [0.29, 0.717) is 17.8 Å². The lowest BCUT2D eigenvalue weighted by atomic mass is 9.97. The number of hydrogen-bond acceptors (Lipinski definition) is 3. The molecule has 3 rings (SSSR count). The Hall–Kier alpha value is -3.19. The van der Waals surface area contributed by atoms with Gasteiger partial charge in [0.05, 0.1) is 36.3 Å². The first-order chi connectivity index (χ1) is 14.4. The fourth-order valence-electron chi connectivity index (χ4n) is 3.87. The van der Waals surface area contributed by atoms with E-state index in [2.05, 4.69) is 10.6 Å². The number of carbonyl (C=O) groups excluding carboxylic acids is 3. The van der Waals surface area contributed by atoms with Gasteiger partial charge in [0.1, 0.15) is 0 Å². The van der Waals surface area contributed by atoms with E-state index in [9.17, 15) is 14.4 Å². The minimum Gasteiger partial charge on any atom is -0.369 e. The second-order valence-corrected chi connectivity index (χ2v) is 7.82. The fraction of sp³-hybridized carbons (Fsp3) is 0.348. The fourth-order valence-corrected chi connectivity index (χ4v) is 3.87. The van der Waals surface area contributed by atoms with Crippen LogP contribution >= 0.6 is 0 Å². The molecule has 1 fully saturated rings. The van der Waals surface area contributed by atoms with Crippen LogP contribution in [0.25, 0.3) is 0 Å². The number of benzene rings is 2. The number of hydrogen-bond donors (Lipinski definition) is 4. The zero-order valence-corrected chi connectivity index (χ0v) is 17.2. The van der Waals surface area contributed by atoms with Crippen LogP contribution in [0, 0.1) is 5.92 Å². The molecule has 0 aliphatic carbocycles. The number of carbonyl (C=O) groups is 3. The molecular weight excluding hydrogens is 380 g/mol. The van der Waals surface area contributed by atoms with Crippen LogP contribution in [0.5, 0.6) is 0 Å². The average molecular weight is 410 g/mol. The number of anilines is 1. The molecule has 1 heterocycles. The monoisotopic (exact) mass is 409 g/mol. The van der Waals surface area contributed by atoms with Crippen molar-refractivity contribution < 1.29 is 19.3 Å². The molecule has 7 nitrogen and oxygen atoms in total. The predicted molar refractivity (Wildman–Crippen MR) is 115 cm³/mol.